The zero-order valence-electron chi connectivity index (χ0n) is 24.0. The molecule has 2 aliphatic heterocycles. The van der Waals surface area contributed by atoms with Crippen LogP contribution < -0.4 is 0 Å². The fourth-order valence-electron chi connectivity index (χ4n) is 5.89. The first kappa shape index (κ1) is 30.6. The van der Waals surface area contributed by atoms with Crippen LogP contribution in [0.15, 0.2) is 60.7 Å². The summed E-state index contributed by atoms with van der Waals surface area (Å²) >= 11 is 2.14. The van der Waals surface area contributed by atoms with Gasteiger partial charge in [0.25, 0.3) is 0 Å². The van der Waals surface area contributed by atoms with Crippen molar-refractivity contribution in [1.29, 1.82) is 0 Å². The Balaban J connectivity index is 1.31. The summed E-state index contributed by atoms with van der Waals surface area (Å²) in [6.07, 6.45) is -1.03. The second-order valence-corrected chi connectivity index (χ2v) is 13.5. The third-order valence-corrected chi connectivity index (χ3v) is 10.4. The summed E-state index contributed by atoms with van der Waals surface area (Å²) in [4.78, 5) is 1.39. The minimum atomic E-state index is -5.64. The van der Waals surface area contributed by atoms with Gasteiger partial charge >= 0.3 is 17.8 Å². The lowest BCUT2D eigenvalue weighted by Crippen LogP contribution is -2.48. The maximum Gasteiger partial charge on any atom is 0.380 e. The summed E-state index contributed by atoms with van der Waals surface area (Å²) in [6.45, 7) is 4.79. The highest BCUT2D eigenvalue weighted by molar-refractivity contribution is 7.16. The van der Waals surface area contributed by atoms with Gasteiger partial charge in [0.15, 0.2) is 12.6 Å². The molecular formula is C33H26F6O4S2. The average Bonchev–Trinajstić information content (AvgIpc) is 3.85. The van der Waals surface area contributed by atoms with Crippen LogP contribution in [0.1, 0.15) is 44.6 Å². The zero-order valence-corrected chi connectivity index (χ0v) is 25.6. The first-order valence-electron chi connectivity index (χ1n) is 14.2. The molecule has 1 aliphatic carbocycles. The second-order valence-electron chi connectivity index (χ2n) is 11.0. The zero-order chi connectivity index (χ0) is 31.7. The lowest BCUT2D eigenvalue weighted by Gasteiger charge is -2.25. The van der Waals surface area contributed by atoms with Crippen molar-refractivity contribution in [3.63, 3.8) is 0 Å². The molecule has 2 fully saturated rings. The van der Waals surface area contributed by atoms with E-state index < -0.39 is 41.5 Å². The Labute approximate surface area is 262 Å². The van der Waals surface area contributed by atoms with E-state index in [1.165, 1.54) is 26.0 Å². The van der Waals surface area contributed by atoms with Crippen LogP contribution in [0.5, 0.6) is 0 Å². The molecule has 2 aromatic heterocycles. The van der Waals surface area contributed by atoms with E-state index in [4.69, 9.17) is 18.9 Å². The van der Waals surface area contributed by atoms with E-state index in [1.807, 2.05) is 0 Å². The van der Waals surface area contributed by atoms with Crippen molar-refractivity contribution >= 4 is 33.8 Å². The second kappa shape index (κ2) is 11.1. The number of hydrogen-bond donors (Lipinski definition) is 0. The van der Waals surface area contributed by atoms with Gasteiger partial charge in [0.1, 0.15) is 0 Å². The van der Waals surface area contributed by atoms with Gasteiger partial charge in [0.2, 0.25) is 0 Å². The summed E-state index contributed by atoms with van der Waals surface area (Å²) in [6, 6.07) is 16.5. The third-order valence-electron chi connectivity index (χ3n) is 8.22. The molecule has 236 valence electrons. The van der Waals surface area contributed by atoms with E-state index in [1.54, 1.807) is 48.5 Å². The highest BCUT2D eigenvalue weighted by Gasteiger charge is 2.80. The van der Waals surface area contributed by atoms with Crippen LogP contribution >= 0.6 is 22.7 Å². The number of aryl methyl sites for hydroxylation is 2. The molecular weight excluding hydrogens is 638 g/mol. The summed E-state index contributed by atoms with van der Waals surface area (Å²) in [5.74, 6) is -15.9. The van der Waals surface area contributed by atoms with Gasteiger partial charge in [0, 0.05) is 41.8 Å². The molecule has 0 bridgehead atoms. The Hall–Kier alpha value is -3.00. The van der Waals surface area contributed by atoms with Crippen LogP contribution in [-0.2, 0) is 18.9 Å². The van der Waals surface area contributed by atoms with Gasteiger partial charge < -0.3 is 18.9 Å². The monoisotopic (exact) mass is 664 g/mol. The molecule has 0 atom stereocenters. The number of hydrogen-bond acceptors (Lipinski definition) is 6. The Morgan fingerprint density at radius 1 is 0.556 bits per heavy atom. The van der Waals surface area contributed by atoms with Crippen LogP contribution in [-0.4, -0.2) is 44.2 Å². The topological polar surface area (TPSA) is 36.9 Å². The molecule has 2 saturated heterocycles. The fourth-order valence-corrected chi connectivity index (χ4v) is 7.95. The lowest BCUT2D eigenvalue weighted by molar-refractivity contribution is -0.254. The molecule has 0 radical (unpaired) electrons. The van der Waals surface area contributed by atoms with E-state index in [-0.39, 0.29) is 20.9 Å². The Morgan fingerprint density at radius 2 is 0.889 bits per heavy atom. The van der Waals surface area contributed by atoms with Crippen LogP contribution in [0.2, 0.25) is 0 Å². The summed E-state index contributed by atoms with van der Waals surface area (Å²) in [5, 5.41) is 0. The normalized spacial score (nSPS) is 21.3. The van der Waals surface area contributed by atoms with E-state index in [0.29, 0.717) is 47.3 Å². The molecule has 12 heteroatoms. The van der Waals surface area contributed by atoms with Crippen molar-refractivity contribution in [2.24, 2.45) is 0 Å². The molecule has 2 aromatic carbocycles. The third kappa shape index (κ3) is 4.88. The first-order valence-corrected chi connectivity index (χ1v) is 15.8. The van der Waals surface area contributed by atoms with Gasteiger partial charge in [-0.1, -0.05) is 48.5 Å². The Kier molecular flexibility index (Phi) is 7.53. The van der Waals surface area contributed by atoms with Crippen LogP contribution in [0.25, 0.3) is 32.0 Å². The highest BCUT2D eigenvalue weighted by atomic mass is 32.1. The van der Waals surface area contributed by atoms with E-state index in [2.05, 4.69) is 0 Å². The molecule has 4 heterocycles. The van der Waals surface area contributed by atoms with Crippen molar-refractivity contribution in [3.8, 4) is 20.9 Å². The van der Waals surface area contributed by atoms with Crippen molar-refractivity contribution in [2.75, 3.05) is 26.4 Å². The molecule has 0 saturated carbocycles. The predicted molar refractivity (Wildman–Crippen MR) is 160 cm³/mol. The largest absolute Gasteiger partial charge is 0.380 e. The van der Waals surface area contributed by atoms with Gasteiger partial charge in [-0.15, -0.1) is 22.7 Å². The predicted octanol–water partition coefficient (Wildman–Crippen LogP) is 9.68. The number of halogens is 6. The van der Waals surface area contributed by atoms with Crippen molar-refractivity contribution < 1.29 is 45.3 Å². The quantitative estimate of drug-likeness (QED) is 0.193. The Bertz CT molecular complexity index is 1640. The number of ether oxygens (including phenoxy) is 4. The number of thiophene rings is 2. The molecule has 0 N–H and O–H groups in total. The summed E-state index contributed by atoms with van der Waals surface area (Å²) < 4.78 is 115. The van der Waals surface area contributed by atoms with Crippen molar-refractivity contribution in [2.45, 2.75) is 44.2 Å². The van der Waals surface area contributed by atoms with Gasteiger partial charge in [-0.2, -0.15) is 26.3 Å². The van der Waals surface area contributed by atoms with Crippen LogP contribution in [0, 0.1) is 13.8 Å². The molecule has 4 nitrogen and oxygen atoms in total. The van der Waals surface area contributed by atoms with Gasteiger partial charge in [-0.05, 0) is 48.2 Å². The summed E-state index contributed by atoms with van der Waals surface area (Å²) in [5.41, 5.74) is -0.601. The minimum absolute atomic E-state index is 0.220. The Morgan fingerprint density at radius 3 is 1.22 bits per heavy atom. The minimum Gasteiger partial charge on any atom is -0.346 e. The van der Waals surface area contributed by atoms with E-state index >= 15 is 26.3 Å². The number of alkyl halides is 6. The SMILES string of the molecule is Cc1sc(-c2ccc(C3OCCO3)cc2)cc1C1=C(c2cc(-c3ccc(C4OCCO4)cc3)sc2C)C(F)(F)C(F)(F)C1(F)F. The maximum atomic E-state index is 15.6. The molecule has 45 heavy (non-hydrogen) atoms. The molecule has 3 aliphatic rings. The van der Waals surface area contributed by atoms with Crippen LogP contribution in [0.3, 0.4) is 0 Å². The van der Waals surface area contributed by atoms with Gasteiger partial charge in [-0.25, -0.2) is 0 Å². The van der Waals surface area contributed by atoms with Crippen molar-refractivity contribution in [3.05, 3.63) is 92.7 Å². The fraction of sp³-hybridized carbons (Fsp3) is 0.333. The smallest absolute Gasteiger partial charge is 0.346 e. The number of allylic oxidation sites excluding steroid dienone is 2. The van der Waals surface area contributed by atoms with E-state index in [9.17, 15) is 0 Å². The summed E-state index contributed by atoms with van der Waals surface area (Å²) in [7, 11) is 0. The van der Waals surface area contributed by atoms with Crippen LogP contribution in [0.4, 0.5) is 26.3 Å². The molecule has 7 rings (SSSR count). The first-order chi connectivity index (χ1) is 21.4. The van der Waals surface area contributed by atoms with Gasteiger partial charge in [0.05, 0.1) is 26.4 Å². The molecule has 4 aromatic rings. The molecule has 0 unspecified atom stereocenters. The lowest BCUT2D eigenvalue weighted by atomic mass is 9.94. The van der Waals surface area contributed by atoms with Crippen molar-refractivity contribution in [1.82, 2.24) is 0 Å². The molecule has 0 amide bonds. The van der Waals surface area contributed by atoms with Gasteiger partial charge in [-0.3, -0.25) is 0 Å². The highest BCUT2D eigenvalue weighted by Crippen LogP contribution is 2.66. The average molecular weight is 665 g/mol. The molecule has 0 spiro atoms. The number of benzene rings is 2. The van der Waals surface area contributed by atoms with E-state index in [0.717, 1.165) is 33.8 Å². The standard InChI is InChI=1S/C33H26F6O4S2/c1-17-23(15-25(44-17)19-3-7-21(8-4-19)29-40-11-12-41-29)27-28(32(36,37)33(38,39)31(27,34)35)24-16-26(45-18(24)2)20-5-9-22(10-6-20)30-42-13-14-43-30/h3-10,15-16,29-30H,11-14H2,1-2H3. The number of rotatable bonds is 6. The maximum absolute atomic E-state index is 15.6.